The molecule has 0 aliphatic rings. The minimum absolute atomic E-state index is 0.0342. The Bertz CT molecular complexity index is 1270. The highest BCUT2D eigenvalue weighted by Crippen LogP contribution is 2.29. The maximum Gasteiger partial charge on any atom is 0.330 e. The first-order valence-electron chi connectivity index (χ1n) is 11.3. The van der Waals surface area contributed by atoms with Gasteiger partial charge < -0.3 is 25.4 Å². The number of rotatable bonds is 11. The molecule has 3 aromatic rings. The molecule has 0 atom stereocenters. The topological polar surface area (TPSA) is 132 Å². The van der Waals surface area contributed by atoms with Crippen molar-refractivity contribution in [2.24, 2.45) is 0 Å². The van der Waals surface area contributed by atoms with Crippen LogP contribution in [0.15, 0.2) is 58.1 Å². The fourth-order valence-corrected chi connectivity index (χ4v) is 3.66. The van der Waals surface area contributed by atoms with Crippen molar-refractivity contribution in [1.29, 1.82) is 0 Å². The second-order valence-corrected chi connectivity index (χ2v) is 7.89. The number of nitrogens with two attached hydrogens (primary N) is 1. The van der Waals surface area contributed by atoms with Gasteiger partial charge in [0.2, 0.25) is 5.91 Å². The molecule has 10 heteroatoms. The van der Waals surface area contributed by atoms with Crippen molar-refractivity contribution in [1.82, 2.24) is 9.55 Å². The van der Waals surface area contributed by atoms with E-state index in [2.05, 4.69) is 10.3 Å². The Morgan fingerprint density at radius 2 is 1.80 bits per heavy atom. The summed E-state index contributed by atoms with van der Waals surface area (Å²) in [6.45, 7) is 2.32. The van der Waals surface area contributed by atoms with Crippen LogP contribution in [0.4, 0.5) is 17.2 Å². The van der Waals surface area contributed by atoms with E-state index in [1.807, 2.05) is 37.3 Å². The summed E-state index contributed by atoms with van der Waals surface area (Å²) in [6.07, 6.45) is 1.45. The van der Waals surface area contributed by atoms with Gasteiger partial charge >= 0.3 is 5.69 Å². The summed E-state index contributed by atoms with van der Waals surface area (Å²) in [5.74, 6) is 0.656. The normalized spacial score (nSPS) is 10.6. The number of methoxy groups -OCH3 is 2. The van der Waals surface area contributed by atoms with Crippen molar-refractivity contribution < 1.29 is 14.3 Å². The van der Waals surface area contributed by atoms with E-state index < -0.39 is 11.2 Å². The number of carbonyl (C=O) groups excluding carboxylic acids is 1. The first-order chi connectivity index (χ1) is 16.9. The number of unbranched alkanes of at least 4 members (excludes halogenated alkanes) is 1. The number of nitrogen functional groups attached to an aromatic ring is 1. The van der Waals surface area contributed by atoms with Gasteiger partial charge in [0.1, 0.15) is 5.82 Å². The highest BCUT2D eigenvalue weighted by Gasteiger charge is 2.24. The molecule has 0 unspecified atom stereocenters. The van der Waals surface area contributed by atoms with Gasteiger partial charge in [-0.05, 0) is 24.1 Å². The molecule has 3 rings (SSSR count). The Morgan fingerprint density at radius 1 is 1.09 bits per heavy atom. The van der Waals surface area contributed by atoms with Crippen LogP contribution in [0, 0.1) is 0 Å². The Kier molecular flexibility index (Phi) is 8.55. The molecular formula is C25H31N5O5. The number of hydrogen-bond donors (Lipinski definition) is 3. The lowest BCUT2D eigenvalue weighted by Crippen LogP contribution is -2.43. The molecule has 35 heavy (non-hydrogen) atoms. The summed E-state index contributed by atoms with van der Waals surface area (Å²) >= 11 is 0. The van der Waals surface area contributed by atoms with Gasteiger partial charge in [0.25, 0.3) is 5.56 Å². The zero-order chi connectivity index (χ0) is 25.4. The minimum Gasteiger partial charge on any atom is -0.493 e. The number of nitrogens with zero attached hydrogens (tertiary/aromatic N) is 2. The van der Waals surface area contributed by atoms with E-state index in [9.17, 15) is 14.4 Å². The Labute approximate surface area is 203 Å². The number of hydrogen-bond acceptors (Lipinski definition) is 7. The number of carbonyl (C=O) groups is 1. The quantitative estimate of drug-likeness (QED) is 0.383. The smallest absolute Gasteiger partial charge is 0.330 e. The van der Waals surface area contributed by atoms with E-state index in [1.165, 1.54) is 16.6 Å². The molecule has 0 aliphatic heterocycles. The van der Waals surface area contributed by atoms with Gasteiger partial charge in [0.05, 0.1) is 27.3 Å². The van der Waals surface area contributed by atoms with Gasteiger partial charge in [-0.2, -0.15) is 0 Å². The van der Waals surface area contributed by atoms with Crippen LogP contribution in [-0.4, -0.2) is 42.8 Å². The van der Waals surface area contributed by atoms with Gasteiger partial charge in [-0.3, -0.25) is 19.1 Å². The maximum atomic E-state index is 13.3. The summed E-state index contributed by atoms with van der Waals surface area (Å²) in [7, 11) is 3.07. The van der Waals surface area contributed by atoms with Crippen LogP contribution in [0.2, 0.25) is 0 Å². The van der Waals surface area contributed by atoms with Crippen LogP contribution < -0.4 is 36.7 Å². The van der Waals surface area contributed by atoms with Gasteiger partial charge in [-0.25, -0.2) is 4.79 Å². The Balaban J connectivity index is 1.91. The number of aromatic amines is 1. The zero-order valence-electron chi connectivity index (χ0n) is 20.2. The maximum absolute atomic E-state index is 13.3. The van der Waals surface area contributed by atoms with Crippen LogP contribution in [0.25, 0.3) is 0 Å². The van der Waals surface area contributed by atoms with Crippen LogP contribution >= 0.6 is 0 Å². The molecule has 0 fully saturated rings. The Morgan fingerprint density at radius 3 is 2.46 bits per heavy atom. The van der Waals surface area contributed by atoms with Crippen LogP contribution in [-0.2, 0) is 11.3 Å². The molecule has 0 aliphatic carbocycles. The average molecular weight is 482 g/mol. The van der Waals surface area contributed by atoms with E-state index in [0.29, 0.717) is 23.6 Å². The minimum atomic E-state index is -0.701. The highest BCUT2D eigenvalue weighted by atomic mass is 16.5. The number of ether oxygens (including phenoxy) is 2. The second kappa shape index (κ2) is 11.8. The van der Waals surface area contributed by atoms with E-state index >= 15 is 0 Å². The lowest BCUT2D eigenvalue weighted by molar-refractivity contribution is -0.117. The molecule has 0 saturated carbocycles. The summed E-state index contributed by atoms with van der Waals surface area (Å²) in [4.78, 5) is 42.3. The zero-order valence-corrected chi connectivity index (χ0v) is 20.2. The number of benzene rings is 2. The molecule has 0 bridgehead atoms. The molecule has 4 N–H and O–H groups in total. The number of anilines is 3. The molecular weight excluding hydrogens is 450 g/mol. The molecule has 0 spiro atoms. The summed E-state index contributed by atoms with van der Waals surface area (Å²) in [6, 6.07) is 14.5. The molecule has 2 aromatic carbocycles. The predicted octanol–water partition coefficient (Wildman–Crippen LogP) is 2.43. The second-order valence-electron chi connectivity index (χ2n) is 7.89. The number of amides is 1. The van der Waals surface area contributed by atoms with Gasteiger partial charge in [0, 0.05) is 18.3 Å². The molecule has 1 heterocycles. The van der Waals surface area contributed by atoms with E-state index in [0.717, 1.165) is 12.0 Å². The van der Waals surface area contributed by atoms with Crippen molar-refractivity contribution in [3.63, 3.8) is 0 Å². The lowest BCUT2D eigenvalue weighted by Gasteiger charge is -2.25. The number of H-pyrrole nitrogens is 1. The van der Waals surface area contributed by atoms with E-state index in [1.54, 1.807) is 25.3 Å². The van der Waals surface area contributed by atoms with Crippen LogP contribution in [0.3, 0.4) is 0 Å². The van der Waals surface area contributed by atoms with E-state index in [4.69, 9.17) is 15.2 Å². The molecule has 1 amide bonds. The summed E-state index contributed by atoms with van der Waals surface area (Å²) < 4.78 is 11.8. The SMILES string of the molecule is CCCCN(C(=O)CNc1ccc(OC)c(OC)c1)c1c(N)n(Cc2ccccc2)c(=O)[nH]c1=O. The summed E-state index contributed by atoms with van der Waals surface area (Å²) in [5, 5.41) is 3.05. The van der Waals surface area contributed by atoms with Gasteiger partial charge in [-0.15, -0.1) is 0 Å². The van der Waals surface area contributed by atoms with Crippen molar-refractivity contribution in [3.8, 4) is 11.5 Å². The van der Waals surface area contributed by atoms with Crippen LogP contribution in [0.1, 0.15) is 25.3 Å². The average Bonchev–Trinajstić information content (AvgIpc) is 2.87. The van der Waals surface area contributed by atoms with Crippen molar-refractivity contribution >= 4 is 23.1 Å². The predicted molar refractivity (Wildman–Crippen MR) is 137 cm³/mol. The first kappa shape index (κ1) is 25.4. The summed E-state index contributed by atoms with van der Waals surface area (Å²) in [5.41, 5.74) is 6.43. The Hall–Kier alpha value is -4.21. The largest absolute Gasteiger partial charge is 0.493 e. The third-order valence-corrected chi connectivity index (χ3v) is 5.53. The van der Waals surface area contributed by atoms with Gasteiger partial charge in [-0.1, -0.05) is 43.7 Å². The third kappa shape index (κ3) is 6.03. The molecule has 10 nitrogen and oxygen atoms in total. The fourth-order valence-electron chi connectivity index (χ4n) is 3.66. The highest BCUT2D eigenvalue weighted by molar-refractivity contribution is 5.98. The number of aromatic nitrogens is 2. The molecule has 0 saturated heterocycles. The van der Waals surface area contributed by atoms with Gasteiger partial charge in [0.15, 0.2) is 17.2 Å². The fraction of sp³-hybridized carbons (Fsp3) is 0.320. The van der Waals surface area contributed by atoms with Crippen LogP contribution in [0.5, 0.6) is 11.5 Å². The molecule has 186 valence electrons. The van der Waals surface area contributed by atoms with Crippen molar-refractivity contribution in [2.75, 3.05) is 43.3 Å². The number of nitrogens with one attached hydrogen (secondary N) is 2. The standard InChI is InChI=1S/C25H31N5O5/c1-4-5-13-29(21(31)15-27-18-11-12-19(34-2)20(14-18)35-3)22-23(26)30(25(33)28-24(22)32)16-17-9-7-6-8-10-17/h6-12,14,27H,4-5,13,15-16,26H2,1-3H3,(H,28,32,33). The molecule has 0 radical (unpaired) electrons. The lowest BCUT2D eigenvalue weighted by atomic mass is 10.2. The van der Waals surface area contributed by atoms with E-state index in [-0.39, 0.29) is 37.0 Å². The first-order valence-corrected chi connectivity index (χ1v) is 11.3. The monoisotopic (exact) mass is 481 g/mol. The third-order valence-electron chi connectivity index (χ3n) is 5.53. The molecule has 1 aromatic heterocycles. The van der Waals surface area contributed by atoms with Crippen molar-refractivity contribution in [2.45, 2.75) is 26.3 Å². The van der Waals surface area contributed by atoms with Crippen molar-refractivity contribution in [3.05, 3.63) is 74.9 Å².